The number of hydrogen-bond donors (Lipinski definition) is 1. The highest BCUT2D eigenvalue weighted by atomic mass is 32.2. The van der Waals surface area contributed by atoms with Gasteiger partial charge in [0.2, 0.25) is 11.8 Å². The van der Waals surface area contributed by atoms with Crippen molar-refractivity contribution in [3.63, 3.8) is 0 Å². The maximum Gasteiger partial charge on any atom is 0.416 e. The van der Waals surface area contributed by atoms with E-state index in [-0.39, 0.29) is 30.7 Å². The number of anilines is 1. The number of thioether (sulfide) groups is 1. The first-order valence-electron chi connectivity index (χ1n) is 15.1. The Morgan fingerprint density at radius 1 is 1.02 bits per heavy atom. The Kier molecular flexibility index (Phi) is 9.53. The second-order valence-electron chi connectivity index (χ2n) is 11.2. The molecule has 3 aromatic rings. The molecule has 0 bridgehead atoms. The van der Waals surface area contributed by atoms with E-state index in [1.54, 1.807) is 24.3 Å². The topological polar surface area (TPSA) is 101 Å². The molecule has 3 aromatic carbocycles. The number of carbonyl (C=O) groups excluding carboxylic acids is 3. The third-order valence-electron chi connectivity index (χ3n) is 7.93. The lowest BCUT2D eigenvalue weighted by atomic mass is 10.1. The van der Waals surface area contributed by atoms with Crippen LogP contribution >= 0.6 is 11.8 Å². The first kappa shape index (κ1) is 32.2. The third kappa shape index (κ3) is 7.62. The molecule has 3 heterocycles. The second kappa shape index (κ2) is 13.9. The molecule has 2 fully saturated rings. The molecule has 0 aliphatic carbocycles. The summed E-state index contributed by atoms with van der Waals surface area (Å²) in [5.74, 6) is 0.0485. The summed E-state index contributed by atoms with van der Waals surface area (Å²) in [6.07, 6.45) is -1.21. The first-order valence-corrected chi connectivity index (χ1v) is 16.0. The third-order valence-corrected chi connectivity index (χ3v) is 9.16. The number of carbonyl (C=O) groups is 3. The van der Waals surface area contributed by atoms with E-state index in [1.165, 1.54) is 33.7 Å². The van der Waals surface area contributed by atoms with Gasteiger partial charge in [-0.1, -0.05) is 54.2 Å². The van der Waals surface area contributed by atoms with Crippen LogP contribution in [0.5, 0.6) is 0 Å². The predicted octanol–water partition coefficient (Wildman–Crippen LogP) is 7.05. The summed E-state index contributed by atoms with van der Waals surface area (Å²) in [5.41, 5.74) is 1.51. The molecule has 1 N–H and O–H groups in total. The predicted molar refractivity (Wildman–Crippen MR) is 171 cm³/mol. The minimum atomic E-state index is -4.47. The van der Waals surface area contributed by atoms with Gasteiger partial charge in [0.05, 0.1) is 24.4 Å². The van der Waals surface area contributed by atoms with Gasteiger partial charge in [0.15, 0.2) is 5.17 Å². The molecule has 6 rings (SSSR count). The lowest BCUT2D eigenvalue weighted by Crippen LogP contribution is -2.43. The van der Waals surface area contributed by atoms with Gasteiger partial charge in [0.1, 0.15) is 23.7 Å². The number of likely N-dealkylation sites (tertiary alicyclic amines) is 1. The van der Waals surface area contributed by atoms with Gasteiger partial charge in [-0.05, 0) is 66.4 Å². The molecule has 9 nitrogen and oxygen atoms in total. The highest BCUT2D eigenvalue weighted by Crippen LogP contribution is 2.41. The van der Waals surface area contributed by atoms with Crippen molar-refractivity contribution in [1.29, 1.82) is 0 Å². The molecule has 244 valence electrons. The Bertz CT molecular complexity index is 1680. The zero-order chi connectivity index (χ0) is 33.0. The molecule has 0 spiro atoms. The minimum Gasteiger partial charge on any atom is -0.496 e. The molecule has 2 atom stereocenters. The number of aliphatic imine (C=N–C) groups is 1. The molecule has 1 unspecified atom stereocenters. The summed E-state index contributed by atoms with van der Waals surface area (Å²) in [6, 6.07) is 19.9. The van der Waals surface area contributed by atoms with Crippen LogP contribution in [0.3, 0.4) is 0 Å². The normalized spacial score (nSPS) is 20.4. The van der Waals surface area contributed by atoms with Gasteiger partial charge < -0.3 is 14.8 Å². The smallest absolute Gasteiger partial charge is 0.416 e. The molecule has 0 saturated carbocycles. The van der Waals surface area contributed by atoms with Crippen LogP contribution in [-0.4, -0.2) is 58.6 Å². The van der Waals surface area contributed by atoms with Gasteiger partial charge in [-0.15, -0.1) is 0 Å². The molecule has 2 saturated heterocycles. The Hall–Kier alpha value is -4.78. The highest BCUT2D eigenvalue weighted by Gasteiger charge is 2.40. The fraction of sp³-hybridized carbons (Fsp3) is 0.294. The van der Waals surface area contributed by atoms with Crippen molar-refractivity contribution in [2.75, 3.05) is 25.0 Å². The van der Waals surface area contributed by atoms with Crippen molar-refractivity contribution >= 4 is 46.2 Å². The van der Waals surface area contributed by atoms with Crippen LogP contribution in [-0.2, 0) is 31.8 Å². The summed E-state index contributed by atoms with van der Waals surface area (Å²) in [6.45, 7) is 1.20. The monoisotopic (exact) mass is 664 g/mol. The number of hydrogen-bond acceptors (Lipinski definition) is 7. The van der Waals surface area contributed by atoms with Crippen molar-refractivity contribution in [2.24, 2.45) is 4.99 Å². The van der Waals surface area contributed by atoms with Gasteiger partial charge in [-0.3, -0.25) is 19.4 Å². The standard InChI is InChI=1S/C34H31F3N4O5S/c35-34(36,37)24-12-16-26(17-13-24)39-32-41(20-27-8-5-19-45-27)31(43)29(47-32)23-10-14-25(15-11-23)38-30(42)28-9-4-18-40(28)33(44)46-21-22-6-2-1-3-7-22/h1-3,6-8,10-17,28-29H,4-5,9,18-21H2,(H,38,42)/b39-32-/t28-,29?/m0/s1. The molecular weight excluding hydrogens is 633 g/mol. The van der Waals surface area contributed by atoms with E-state index >= 15 is 0 Å². The number of rotatable bonds is 8. The van der Waals surface area contributed by atoms with Gasteiger partial charge >= 0.3 is 12.3 Å². The number of ether oxygens (including phenoxy) is 2. The van der Waals surface area contributed by atoms with E-state index in [9.17, 15) is 27.6 Å². The zero-order valence-corrected chi connectivity index (χ0v) is 25.9. The maximum absolute atomic E-state index is 13.6. The maximum atomic E-state index is 13.6. The fourth-order valence-electron chi connectivity index (χ4n) is 5.50. The number of nitrogens with zero attached hydrogens (tertiary/aromatic N) is 3. The number of amides is 3. The van der Waals surface area contributed by atoms with Crippen molar-refractivity contribution in [2.45, 2.75) is 43.3 Å². The summed E-state index contributed by atoms with van der Waals surface area (Å²) >= 11 is 1.19. The molecular formula is C34H31F3N4O5S. The quantitative estimate of drug-likeness (QED) is 0.277. The molecule has 13 heteroatoms. The van der Waals surface area contributed by atoms with Gasteiger partial charge in [-0.2, -0.15) is 13.2 Å². The average Bonchev–Trinajstić information content (AvgIpc) is 3.83. The SMILES string of the molecule is O=C(Nc1ccc(C2S/C(=N\c3ccc(C(F)(F)F)cc3)N(CC3=CCCO3)C2=O)cc1)[C@@H]1CCCN1C(=O)OCc1ccccc1. The van der Waals surface area contributed by atoms with Crippen molar-refractivity contribution in [1.82, 2.24) is 9.80 Å². The number of nitrogens with one attached hydrogen (secondary N) is 1. The fourth-order valence-corrected chi connectivity index (χ4v) is 6.67. The van der Waals surface area contributed by atoms with Gasteiger partial charge in [0.25, 0.3) is 0 Å². The molecule has 3 aliphatic heterocycles. The molecule has 0 radical (unpaired) electrons. The van der Waals surface area contributed by atoms with Crippen LogP contribution in [0.1, 0.15) is 41.2 Å². The van der Waals surface area contributed by atoms with Gasteiger partial charge in [0, 0.05) is 18.7 Å². The second-order valence-corrected chi connectivity index (χ2v) is 12.2. The molecule has 0 aromatic heterocycles. The molecule has 47 heavy (non-hydrogen) atoms. The van der Waals surface area contributed by atoms with Crippen LogP contribution in [0, 0.1) is 0 Å². The average molecular weight is 665 g/mol. The van der Waals surface area contributed by atoms with Crippen molar-refractivity contribution in [3.8, 4) is 0 Å². The molecule has 3 amide bonds. The zero-order valence-electron chi connectivity index (χ0n) is 25.1. The molecule has 3 aliphatic rings. The number of alkyl halides is 3. The summed E-state index contributed by atoms with van der Waals surface area (Å²) in [4.78, 5) is 47.0. The van der Waals surface area contributed by atoms with E-state index in [0.29, 0.717) is 48.2 Å². The van der Waals surface area contributed by atoms with Crippen LogP contribution in [0.15, 0.2) is 95.7 Å². The summed E-state index contributed by atoms with van der Waals surface area (Å²) in [7, 11) is 0. The number of halogens is 3. The van der Waals surface area contributed by atoms with Crippen molar-refractivity contribution in [3.05, 3.63) is 107 Å². The van der Waals surface area contributed by atoms with E-state index < -0.39 is 29.1 Å². The van der Waals surface area contributed by atoms with Crippen molar-refractivity contribution < 1.29 is 37.0 Å². The lowest BCUT2D eigenvalue weighted by Gasteiger charge is -2.23. The summed E-state index contributed by atoms with van der Waals surface area (Å²) < 4.78 is 50.2. The van der Waals surface area contributed by atoms with Gasteiger partial charge in [-0.25, -0.2) is 9.79 Å². The van der Waals surface area contributed by atoms with E-state index in [4.69, 9.17) is 9.47 Å². The minimum absolute atomic E-state index is 0.114. The highest BCUT2D eigenvalue weighted by molar-refractivity contribution is 8.15. The van der Waals surface area contributed by atoms with E-state index in [0.717, 1.165) is 24.1 Å². The van der Waals surface area contributed by atoms with Crippen LogP contribution in [0.25, 0.3) is 0 Å². The van der Waals surface area contributed by atoms with Crippen LogP contribution in [0.2, 0.25) is 0 Å². The first-order chi connectivity index (χ1) is 22.7. The Morgan fingerprint density at radius 2 is 1.77 bits per heavy atom. The van der Waals surface area contributed by atoms with Crippen LogP contribution < -0.4 is 5.32 Å². The number of amidine groups is 1. The van der Waals surface area contributed by atoms with E-state index in [2.05, 4.69) is 10.3 Å². The Balaban J connectivity index is 1.12. The van der Waals surface area contributed by atoms with Crippen LogP contribution in [0.4, 0.5) is 29.3 Å². The Labute approximate surface area is 273 Å². The lowest BCUT2D eigenvalue weighted by molar-refractivity contribution is -0.137. The number of benzene rings is 3. The largest absolute Gasteiger partial charge is 0.496 e. The van der Waals surface area contributed by atoms with E-state index in [1.807, 2.05) is 36.4 Å². The summed E-state index contributed by atoms with van der Waals surface area (Å²) in [5, 5.41) is 2.54. The Morgan fingerprint density at radius 3 is 2.45 bits per heavy atom.